The van der Waals surface area contributed by atoms with E-state index in [0.717, 1.165) is 30.6 Å². The van der Waals surface area contributed by atoms with E-state index in [2.05, 4.69) is 12.2 Å². The highest BCUT2D eigenvalue weighted by molar-refractivity contribution is 6.24. The molecule has 11 nitrogen and oxygen atoms in total. The summed E-state index contributed by atoms with van der Waals surface area (Å²) in [5, 5.41) is 48.5. The minimum absolute atomic E-state index is 0.0539. The lowest BCUT2D eigenvalue weighted by molar-refractivity contribution is -0.153. The molecule has 1 saturated carbocycles. The van der Waals surface area contributed by atoms with Gasteiger partial charge in [0.25, 0.3) is 5.91 Å². The van der Waals surface area contributed by atoms with Crippen molar-refractivity contribution < 1.29 is 34.8 Å². The van der Waals surface area contributed by atoms with Crippen molar-refractivity contribution in [1.82, 2.24) is 10.2 Å². The lowest BCUT2D eigenvalue weighted by Crippen LogP contribution is -2.65. The lowest BCUT2D eigenvalue weighted by atomic mass is 9.57. The van der Waals surface area contributed by atoms with Gasteiger partial charge in [0.05, 0.1) is 11.6 Å². The summed E-state index contributed by atoms with van der Waals surface area (Å²) in [6.45, 7) is 3.39. The molecule has 4 atom stereocenters. The first-order valence-corrected chi connectivity index (χ1v) is 13.2. The van der Waals surface area contributed by atoms with E-state index in [9.17, 15) is 34.8 Å². The molecule has 0 aromatic heterocycles. The number of aromatic hydroxyl groups is 1. The molecule has 0 bridgehead atoms. The highest BCUT2D eigenvalue weighted by Gasteiger charge is 2.64. The van der Waals surface area contributed by atoms with Crippen molar-refractivity contribution in [3.8, 4) is 5.75 Å². The van der Waals surface area contributed by atoms with Gasteiger partial charge < -0.3 is 36.4 Å². The Kier molecular flexibility index (Phi) is 7.54. The maximum atomic E-state index is 13.9. The number of carbonyl (C=O) groups is 3. The standard InChI is InChI=1S/C28H38N4O7/c1-6-7-8-30-12-14-11-17(33)19-15(21(14)31(2)3)9-13-10-16-22(32(4)5)24(35)20(27(29)38)26(37)28(16,39)25(36)18(13)23(19)34/h11,13,16,22,30,33-34,37,39H,6-10,12H2,1-5H3,(H2,29,38)/t13-,16-,22-,28-/m0/s1. The first-order valence-electron chi connectivity index (χ1n) is 13.2. The molecule has 1 amide bonds. The number of carbonyl (C=O) groups excluding carboxylic acids is 3. The molecule has 212 valence electrons. The Hall–Kier alpha value is -3.41. The number of ketones is 2. The van der Waals surface area contributed by atoms with E-state index in [1.54, 1.807) is 20.2 Å². The molecule has 0 aliphatic heterocycles. The van der Waals surface area contributed by atoms with Gasteiger partial charge >= 0.3 is 0 Å². The third kappa shape index (κ3) is 4.29. The molecule has 0 radical (unpaired) electrons. The van der Waals surface area contributed by atoms with Gasteiger partial charge in [-0.25, -0.2) is 0 Å². The van der Waals surface area contributed by atoms with Crippen molar-refractivity contribution >= 4 is 28.9 Å². The maximum Gasteiger partial charge on any atom is 0.255 e. The summed E-state index contributed by atoms with van der Waals surface area (Å²) in [6.07, 6.45) is 2.34. The molecular formula is C28H38N4O7. The van der Waals surface area contributed by atoms with Crippen LogP contribution in [0.3, 0.4) is 0 Å². The van der Waals surface area contributed by atoms with Crippen LogP contribution in [0.5, 0.6) is 5.75 Å². The van der Waals surface area contributed by atoms with Gasteiger partial charge in [0.1, 0.15) is 22.8 Å². The summed E-state index contributed by atoms with van der Waals surface area (Å²) in [6, 6.07) is 0.442. The van der Waals surface area contributed by atoms with E-state index in [4.69, 9.17) is 5.73 Å². The van der Waals surface area contributed by atoms with Crippen LogP contribution in [0.1, 0.15) is 42.9 Å². The van der Waals surface area contributed by atoms with Gasteiger partial charge in [-0.15, -0.1) is 0 Å². The minimum Gasteiger partial charge on any atom is -0.508 e. The number of aliphatic hydroxyl groups is 3. The van der Waals surface area contributed by atoms with Crippen LogP contribution in [-0.4, -0.2) is 89.2 Å². The van der Waals surface area contributed by atoms with Crippen molar-refractivity contribution in [2.24, 2.45) is 17.6 Å². The van der Waals surface area contributed by atoms with Gasteiger partial charge in [-0.05, 0) is 63.0 Å². The van der Waals surface area contributed by atoms with Crippen molar-refractivity contribution in [2.75, 3.05) is 39.6 Å². The highest BCUT2D eigenvalue weighted by Crippen LogP contribution is 2.54. The van der Waals surface area contributed by atoms with E-state index in [1.165, 1.54) is 4.90 Å². The number of phenolic OH excluding ortho intramolecular Hbond substituents is 1. The second-order valence-corrected chi connectivity index (χ2v) is 11.1. The Balaban J connectivity index is 1.91. The number of nitrogens with zero attached hydrogens (tertiary/aromatic N) is 2. The fourth-order valence-electron chi connectivity index (χ4n) is 6.58. The van der Waals surface area contributed by atoms with Crippen LogP contribution in [0.4, 0.5) is 5.69 Å². The second kappa shape index (κ2) is 10.3. The van der Waals surface area contributed by atoms with Crippen molar-refractivity contribution in [3.63, 3.8) is 0 Å². The minimum atomic E-state index is -2.65. The van der Waals surface area contributed by atoms with E-state index >= 15 is 0 Å². The van der Waals surface area contributed by atoms with Crippen LogP contribution in [0.25, 0.3) is 5.76 Å². The van der Waals surface area contributed by atoms with Crippen LogP contribution >= 0.6 is 0 Å². The predicted octanol–water partition coefficient (Wildman–Crippen LogP) is 0.920. The van der Waals surface area contributed by atoms with Crippen molar-refractivity contribution in [1.29, 1.82) is 0 Å². The Morgan fingerprint density at radius 1 is 1.18 bits per heavy atom. The van der Waals surface area contributed by atoms with Crippen molar-refractivity contribution in [2.45, 2.75) is 50.8 Å². The summed E-state index contributed by atoms with van der Waals surface area (Å²) in [4.78, 5) is 42.7. The molecule has 0 saturated heterocycles. The highest BCUT2D eigenvalue weighted by atomic mass is 16.3. The molecular weight excluding hydrogens is 504 g/mol. The molecule has 3 aliphatic rings. The average Bonchev–Trinajstić information content (AvgIpc) is 2.83. The summed E-state index contributed by atoms with van der Waals surface area (Å²) in [5.74, 6) is -6.56. The Labute approximate surface area is 227 Å². The van der Waals surface area contributed by atoms with Crippen molar-refractivity contribution in [3.05, 3.63) is 39.7 Å². The zero-order valence-corrected chi connectivity index (χ0v) is 23.0. The number of nitrogens with one attached hydrogen (secondary N) is 1. The number of nitrogens with two attached hydrogens (primary N) is 1. The first-order chi connectivity index (χ1) is 18.3. The number of phenols is 1. The number of amides is 1. The fourth-order valence-corrected chi connectivity index (χ4v) is 6.58. The third-order valence-corrected chi connectivity index (χ3v) is 8.24. The SMILES string of the molecule is CCCCNCc1cc(O)c2c(c1N(C)C)C[C@H]1C[C@H]3[C@H](N(C)C)C(=O)C(C(N)=O)=C(O)[C@@]3(O)C(=O)C1=C2O. The van der Waals surface area contributed by atoms with Crippen LogP contribution in [-0.2, 0) is 27.3 Å². The van der Waals surface area contributed by atoms with Crippen LogP contribution < -0.4 is 16.0 Å². The van der Waals surface area contributed by atoms with Gasteiger partial charge in [-0.1, -0.05) is 13.3 Å². The Bertz CT molecular complexity index is 1300. The molecule has 1 aromatic carbocycles. The molecule has 3 aliphatic carbocycles. The number of fused-ring (bicyclic) bond motifs is 3. The molecule has 4 rings (SSSR count). The zero-order chi connectivity index (χ0) is 29.0. The van der Waals surface area contributed by atoms with Crippen LogP contribution in [0.2, 0.25) is 0 Å². The number of primary amides is 1. The molecule has 7 N–H and O–H groups in total. The Morgan fingerprint density at radius 2 is 1.85 bits per heavy atom. The zero-order valence-electron chi connectivity index (χ0n) is 23.0. The summed E-state index contributed by atoms with van der Waals surface area (Å²) < 4.78 is 0. The van der Waals surface area contributed by atoms with E-state index in [-0.39, 0.29) is 29.7 Å². The number of benzene rings is 1. The predicted molar refractivity (Wildman–Crippen MR) is 145 cm³/mol. The summed E-state index contributed by atoms with van der Waals surface area (Å²) in [7, 11) is 6.87. The molecule has 1 aromatic rings. The van der Waals surface area contributed by atoms with E-state index in [1.807, 2.05) is 19.0 Å². The summed E-state index contributed by atoms with van der Waals surface area (Å²) >= 11 is 0. The number of hydrogen-bond donors (Lipinski definition) is 6. The van der Waals surface area contributed by atoms with Gasteiger partial charge in [0.2, 0.25) is 5.78 Å². The smallest absolute Gasteiger partial charge is 0.255 e. The van der Waals surface area contributed by atoms with E-state index in [0.29, 0.717) is 12.1 Å². The molecule has 0 heterocycles. The number of likely N-dealkylation sites (N-methyl/N-ethyl adjacent to an activating group) is 1. The van der Waals surface area contributed by atoms with E-state index < -0.39 is 58.0 Å². The average molecular weight is 543 g/mol. The van der Waals surface area contributed by atoms with Gasteiger partial charge in [-0.2, -0.15) is 0 Å². The maximum absolute atomic E-state index is 13.9. The quantitative estimate of drug-likeness (QED) is 0.205. The molecule has 0 unspecified atom stereocenters. The number of rotatable bonds is 8. The van der Waals surface area contributed by atoms with Gasteiger partial charge in [0, 0.05) is 37.8 Å². The number of aliphatic hydroxyl groups excluding tert-OH is 2. The monoisotopic (exact) mass is 542 g/mol. The fraction of sp³-hybridized carbons (Fsp3) is 0.536. The molecule has 0 spiro atoms. The Morgan fingerprint density at radius 3 is 2.41 bits per heavy atom. The first kappa shape index (κ1) is 28.6. The number of unbranched alkanes of at least 4 members (excludes halogenated alkanes) is 1. The number of Topliss-reactive ketones (excluding diaryl/α,β-unsaturated/α-hetero) is 2. The summed E-state index contributed by atoms with van der Waals surface area (Å²) in [5.41, 5.74) is 4.11. The number of hydrogen-bond acceptors (Lipinski definition) is 10. The van der Waals surface area contributed by atoms with Crippen LogP contribution in [0, 0.1) is 11.8 Å². The normalized spacial score (nSPS) is 26.5. The van der Waals surface area contributed by atoms with Crippen LogP contribution in [0.15, 0.2) is 23.0 Å². The largest absolute Gasteiger partial charge is 0.508 e. The number of anilines is 1. The lowest BCUT2D eigenvalue weighted by Gasteiger charge is -2.50. The molecule has 11 heteroatoms. The molecule has 1 fully saturated rings. The second-order valence-electron chi connectivity index (χ2n) is 11.1. The third-order valence-electron chi connectivity index (χ3n) is 8.24. The molecule has 39 heavy (non-hydrogen) atoms. The van der Waals surface area contributed by atoms with Gasteiger partial charge in [-0.3, -0.25) is 19.3 Å². The topological polar surface area (TPSA) is 177 Å². The van der Waals surface area contributed by atoms with Gasteiger partial charge in [0.15, 0.2) is 11.4 Å².